The van der Waals surface area contributed by atoms with Gasteiger partial charge >= 0.3 is 0 Å². The third-order valence-corrected chi connectivity index (χ3v) is 5.55. The second kappa shape index (κ2) is 7.41. The van der Waals surface area contributed by atoms with Gasteiger partial charge < -0.3 is 4.90 Å². The van der Waals surface area contributed by atoms with Gasteiger partial charge in [0, 0.05) is 23.7 Å². The number of thioether (sulfide) groups is 1. The van der Waals surface area contributed by atoms with Gasteiger partial charge in [-0.25, -0.2) is 0 Å². The van der Waals surface area contributed by atoms with Crippen molar-refractivity contribution in [1.82, 2.24) is 4.90 Å². The van der Waals surface area contributed by atoms with Crippen LogP contribution < -0.4 is 0 Å². The van der Waals surface area contributed by atoms with Gasteiger partial charge in [0.1, 0.15) is 5.37 Å². The molecule has 1 amide bonds. The number of aryl methyl sites for hydroxylation is 2. The predicted octanol–water partition coefficient (Wildman–Crippen LogP) is 4.86. The normalized spacial score (nSPS) is 17.5. The maximum Gasteiger partial charge on any atom is 0.224 e. The van der Waals surface area contributed by atoms with E-state index in [0.29, 0.717) is 6.42 Å². The molecule has 23 heavy (non-hydrogen) atoms. The minimum atomic E-state index is 0.0960. The first-order valence-electron chi connectivity index (χ1n) is 7.85. The average Bonchev–Trinajstić information content (AvgIpc) is 3.02. The summed E-state index contributed by atoms with van der Waals surface area (Å²) in [6, 6.07) is 16.2. The first kappa shape index (κ1) is 16.4. The van der Waals surface area contributed by atoms with Crippen LogP contribution in [0, 0.1) is 6.92 Å². The van der Waals surface area contributed by atoms with Crippen molar-refractivity contribution in [3.63, 3.8) is 0 Å². The molecule has 2 aromatic carbocycles. The third-order valence-electron chi connectivity index (χ3n) is 4.06. The number of amides is 1. The molecule has 120 valence electrons. The lowest BCUT2D eigenvalue weighted by Crippen LogP contribution is -2.30. The molecule has 0 saturated carbocycles. The van der Waals surface area contributed by atoms with Crippen LogP contribution in [-0.2, 0) is 11.2 Å². The molecule has 3 rings (SSSR count). The monoisotopic (exact) mass is 345 g/mol. The van der Waals surface area contributed by atoms with Crippen LogP contribution in [-0.4, -0.2) is 23.1 Å². The molecule has 0 aromatic heterocycles. The van der Waals surface area contributed by atoms with Crippen LogP contribution >= 0.6 is 23.4 Å². The average molecular weight is 346 g/mol. The van der Waals surface area contributed by atoms with E-state index in [2.05, 4.69) is 37.3 Å². The molecule has 1 fully saturated rings. The minimum Gasteiger partial charge on any atom is -0.326 e. The molecular formula is C19H20ClNOS. The summed E-state index contributed by atoms with van der Waals surface area (Å²) in [5.41, 5.74) is 3.58. The summed E-state index contributed by atoms with van der Waals surface area (Å²) in [5.74, 6) is 1.20. The summed E-state index contributed by atoms with van der Waals surface area (Å²) < 4.78 is 0. The predicted molar refractivity (Wildman–Crippen MR) is 97.9 cm³/mol. The Kier molecular flexibility index (Phi) is 5.29. The van der Waals surface area contributed by atoms with Crippen molar-refractivity contribution in [2.45, 2.75) is 25.1 Å². The molecule has 0 N–H and O–H groups in total. The van der Waals surface area contributed by atoms with Crippen LogP contribution in [0.5, 0.6) is 0 Å². The van der Waals surface area contributed by atoms with E-state index in [1.54, 1.807) is 0 Å². The number of carbonyl (C=O) groups is 1. The van der Waals surface area contributed by atoms with E-state index in [-0.39, 0.29) is 11.3 Å². The fraction of sp³-hybridized carbons (Fsp3) is 0.316. The van der Waals surface area contributed by atoms with Crippen molar-refractivity contribution >= 4 is 29.3 Å². The van der Waals surface area contributed by atoms with Crippen molar-refractivity contribution in [2.75, 3.05) is 12.3 Å². The number of hydrogen-bond donors (Lipinski definition) is 0. The van der Waals surface area contributed by atoms with Crippen LogP contribution in [0.3, 0.4) is 0 Å². The number of halogens is 1. The summed E-state index contributed by atoms with van der Waals surface area (Å²) >= 11 is 7.91. The van der Waals surface area contributed by atoms with E-state index in [1.807, 2.05) is 34.9 Å². The molecule has 0 radical (unpaired) electrons. The van der Waals surface area contributed by atoms with Crippen molar-refractivity contribution in [3.8, 4) is 0 Å². The minimum absolute atomic E-state index is 0.0960. The molecule has 1 unspecified atom stereocenters. The Morgan fingerprint density at radius 2 is 2.09 bits per heavy atom. The zero-order valence-corrected chi connectivity index (χ0v) is 14.7. The largest absolute Gasteiger partial charge is 0.326 e. The highest BCUT2D eigenvalue weighted by molar-refractivity contribution is 7.99. The molecule has 1 saturated heterocycles. The van der Waals surface area contributed by atoms with Gasteiger partial charge in [0.15, 0.2) is 0 Å². The summed E-state index contributed by atoms with van der Waals surface area (Å²) in [6.45, 7) is 2.89. The van der Waals surface area contributed by atoms with Gasteiger partial charge in [-0.1, -0.05) is 53.6 Å². The van der Waals surface area contributed by atoms with Gasteiger partial charge in [-0.15, -0.1) is 11.8 Å². The van der Waals surface area contributed by atoms with Crippen molar-refractivity contribution in [2.24, 2.45) is 0 Å². The van der Waals surface area contributed by atoms with E-state index >= 15 is 0 Å². The number of hydrogen-bond acceptors (Lipinski definition) is 2. The molecule has 1 atom stereocenters. The van der Waals surface area contributed by atoms with E-state index in [1.165, 1.54) is 11.1 Å². The van der Waals surface area contributed by atoms with Crippen LogP contribution in [0.2, 0.25) is 5.02 Å². The quantitative estimate of drug-likeness (QED) is 0.789. The molecule has 1 aliphatic heterocycles. The molecule has 2 aromatic rings. The lowest BCUT2D eigenvalue weighted by atomic mass is 10.1. The maximum absolute atomic E-state index is 12.7. The second-order valence-corrected chi connectivity index (χ2v) is 7.48. The topological polar surface area (TPSA) is 20.3 Å². The van der Waals surface area contributed by atoms with Crippen molar-refractivity contribution < 1.29 is 4.79 Å². The number of carbonyl (C=O) groups excluding carboxylic acids is 1. The fourth-order valence-corrected chi connectivity index (χ4v) is 4.39. The van der Waals surface area contributed by atoms with E-state index in [9.17, 15) is 4.79 Å². The van der Waals surface area contributed by atoms with Crippen LogP contribution in [0.15, 0.2) is 48.5 Å². The van der Waals surface area contributed by atoms with E-state index < -0.39 is 0 Å². The molecule has 0 aliphatic carbocycles. The number of nitrogens with zero attached hydrogens (tertiary/aromatic N) is 1. The Hall–Kier alpha value is -1.45. The van der Waals surface area contributed by atoms with Crippen molar-refractivity contribution in [3.05, 3.63) is 70.2 Å². The van der Waals surface area contributed by atoms with Gasteiger partial charge in [0.2, 0.25) is 5.91 Å². The SMILES string of the molecule is Cc1cccc(CCC(=O)N2CCSC2c2cccc(Cl)c2)c1. The van der Waals surface area contributed by atoms with Crippen molar-refractivity contribution in [1.29, 1.82) is 0 Å². The van der Waals surface area contributed by atoms with Gasteiger partial charge in [0.25, 0.3) is 0 Å². The summed E-state index contributed by atoms with van der Waals surface area (Å²) in [4.78, 5) is 14.6. The first-order chi connectivity index (χ1) is 11.1. The zero-order valence-electron chi connectivity index (χ0n) is 13.2. The van der Waals surface area contributed by atoms with Gasteiger partial charge in [-0.05, 0) is 36.6 Å². The van der Waals surface area contributed by atoms with Gasteiger partial charge in [0.05, 0.1) is 0 Å². The zero-order chi connectivity index (χ0) is 16.2. The highest BCUT2D eigenvalue weighted by Gasteiger charge is 2.30. The number of benzene rings is 2. The van der Waals surface area contributed by atoms with Gasteiger partial charge in [-0.2, -0.15) is 0 Å². The first-order valence-corrected chi connectivity index (χ1v) is 9.28. The van der Waals surface area contributed by atoms with E-state index in [4.69, 9.17) is 11.6 Å². The molecular weight excluding hydrogens is 326 g/mol. The molecule has 0 spiro atoms. The molecule has 1 aliphatic rings. The highest BCUT2D eigenvalue weighted by Crippen LogP contribution is 2.38. The Morgan fingerprint density at radius 3 is 2.87 bits per heavy atom. The summed E-state index contributed by atoms with van der Waals surface area (Å²) in [5, 5.41) is 0.820. The lowest BCUT2D eigenvalue weighted by Gasteiger charge is -2.24. The summed E-state index contributed by atoms with van der Waals surface area (Å²) in [7, 11) is 0. The number of rotatable bonds is 4. The Labute approximate surface area is 146 Å². The Bertz CT molecular complexity index is 703. The third kappa shape index (κ3) is 4.10. The molecule has 1 heterocycles. The second-order valence-electron chi connectivity index (χ2n) is 5.85. The smallest absolute Gasteiger partial charge is 0.224 e. The lowest BCUT2D eigenvalue weighted by molar-refractivity contribution is -0.131. The standard InChI is InChI=1S/C19H20ClNOS/c1-14-4-2-5-15(12-14)8-9-18(22)21-10-11-23-19(21)16-6-3-7-17(20)13-16/h2-7,12-13,19H,8-11H2,1H3. The van der Waals surface area contributed by atoms with Gasteiger partial charge in [-0.3, -0.25) is 4.79 Å². The molecule has 4 heteroatoms. The molecule has 0 bridgehead atoms. The fourth-order valence-electron chi connectivity index (χ4n) is 2.92. The van der Waals surface area contributed by atoms with E-state index in [0.717, 1.165) is 29.3 Å². The Balaban J connectivity index is 1.66. The maximum atomic E-state index is 12.7. The highest BCUT2D eigenvalue weighted by atomic mass is 35.5. The Morgan fingerprint density at radius 1 is 1.26 bits per heavy atom. The van der Waals surface area contributed by atoms with Crippen LogP contribution in [0.1, 0.15) is 28.5 Å². The summed E-state index contributed by atoms with van der Waals surface area (Å²) in [6.07, 6.45) is 1.35. The van der Waals surface area contributed by atoms with Crippen LogP contribution in [0.4, 0.5) is 0 Å². The molecule has 2 nitrogen and oxygen atoms in total. The van der Waals surface area contributed by atoms with Crippen LogP contribution in [0.25, 0.3) is 0 Å².